The van der Waals surface area contributed by atoms with Gasteiger partial charge in [-0.25, -0.2) is 9.18 Å². The van der Waals surface area contributed by atoms with Crippen LogP contribution < -0.4 is 20.3 Å². The van der Waals surface area contributed by atoms with E-state index in [4.69, 9.17) is 4.74 Å². The molecule has 3 aliphatic rings. The van der Waals surface area contributed by atoms with Crippen LogP contribution in [0, 0.1) is 12.7 Å². The van der Waals surface area contributed by atoms with Gasteiger partial charge in [0.05, 0.1) is 17.9 Å². The molecule has 1 fully saturated rings. The number of hydrogen-bond donors (Lipinski definition) is 2. The maximum atomic E-state index is 14.3. The minimum absolute atomic E-state index is 0.195. The molecule has 1 aliphatic carbocycles. The summed E-state index contributed by atoms with van der Waals surface area (Å²) in [5.41, 5.74) is 4.41. The first-order valence-electron chi connectivity index (χ1n) is 11.8. The van der Waals surface area contributed by atoms with Crippen molar-refractivity contribution < 1.29 is 18.7 Å². The quantitative estimate of drug-likeness (QED) is 0.584. The number of fused-ring (bicyclic) bond motifs is 2. The number of urea groups is 1. The predicted octanol–water partition coefficient (Wildman–Crippen LogP) is 4.43. The molecule has 9 heteroatoms. The van der Waals surface area contributed by atoms with Crippen molar-refractivity contribution in [3.05, 3.63) is 76.6 Å². The van der Waals surface area contributed by atoms with Gasteiger partial charge in [0, 0.05) is 30.1 Å². The molecule has 4 heterocycles. The van der Waals surface area contributed by atoms with Crippen molar-refractivity contribution >= 4 is 23.3 Å². The van der Waals surface area contributed by atoms with E-state index in [0.29, 0.717) is 41.2 Å². The molecule has 6 rings (SSSR count). The van der Waals surface area contributed by atoms with E-state index in [1.54, 1.807) is 23.2 Å². The van der Waals surface area contributed by atoms with Crippen molar-refractivity contribution in [1.82, 2.24) is 15.3 Å². The lowest BCUT2D eigenvalue weighted by Gasteiger charge is -2.33. The summed E-state index contributed by atoms with van der Waals surface area (Å²) in [6.07, 6.45) is 5.85. The van der Waals surface area contributed by atoms with Crippen molar-refractivity contribution in [3.63, 3.8) is 0 Å². The molecule has 2 N–H and O–H groups in total. The van der Waals surface area contributed by atoms with Gasteiger partial charge in [-0.3, -0.25) is 19.7 Å². The number of nitrogens with zero attached hydrogens (tertiary/aromatic N) is 3. The smallest absolute Gasteiger partial charge is 0.326 e. The van der Waals surface area contributed by atoms with Crippen LogP contribution in [0.2, 0.25) is 0 Å². The van der Waals surface area contributed by atoms with Crippen molar-refractivity contribution in [1.29, 1.82) is 0 Å². The molecule has 1 aromatic carbocycles. The highest BCUT2D eigenvalue weighted by Gasteiger charge is 2.33. The van der Waals surface area contributed by atoms with Gasteiger partial charge >= 0.3 is 6.03 Å². The first-order chi connectivity index (χ1) is 17.0. The normalized spacial score (nSPS) is 18.7. The van der Waals surface area contributed by atoms with Crippen LogP contribution in [0.4, 0.5) is 20.6 Å². The highest BCUT2D eigenvalue weighted by atomic mass is 19.1. The van der Waals surface area contributed by atoms with E-state index in [2.05, 4.69) is 20.6 Å². The van der Waals surface area contributed by atoms with Crippen LogP contribution in [-0.4, -0.2) is 27.9 Å². The number of nitrogens with one attached hydrogen (secondary N) is 2. The molecule has 2 aromatic heterocycles. The number of carbonyl (C=O) groups excluding carboxylic acids is 2. The molecule has 0 radical (unpaired) electrons. The highest BCUT2D eigenvalue weighted by Crippen LogP contribution is 2.40. The summed E-state index contributed by atoms with van der Waals surface area (Å²) >= 11 is 0. The van der Waals surface area contributed by atoms with Gasteiger partial charge in [0.25, 0.3) is 5.91 Å². The number of aromatic nitrogens is 2. The second-order valence-electron chi connectivity index (χ2n) is 9.21. The van der Waals surface area contributed by atoms with Crippen LogP contribution in [-0.2, 0) is 13.0 Å². The Balaban J connectivity index is 1.32. The fraction of sp³-hybridized carbons (Fsp3) is 0.308. The molecule has 1 atom stereocenters. The number of halogens is 1. The Kier molecular flexibility index (Phi) is 5.12. The summed E-state index contributed by atoms with van der Waals surface area (Å²) in [4.78, 5) is 35.9. The van der Waals surface area contributed by atoms with Crippen molar-refractivity contribution in [2.45, 2.75) is 51.3 Å². The number of aryl methyl sites for hydroxylation is 2. The van der Waals surface area contributed by atoms with Gasteiger partial charge in [-0.2, -0.15) is 0 Å². The zero-order chi connectivity index (χ0) is 24.1. The number of amides is 3. The van der Waals surface area contributed by atoms with Gasteiger partial charge in [0.2, 0.25) is 0 Å². The van der Waals surface area contributed by atoms with E-state index in [1.165, 1.54) is 12.3 Å². The number of hydrogen-bond acceptors (Lipinski definition) is 5. The van der Waals surface area contributed by atoms with E-state index >= 15 is 0 Å². The van der Waals surface area contributed by atoms with E-state index in [0.717, 1.165) is 24.0 Å². The summed E-state index contributed by atoms with van der Waals surface area (Å²) in [6.45, 7) is 2.13. The van der Waals surface area contributed by atoms with Crippen LogP contribution in [0.15, 0.2) is 42.7 Å². The largest absolute Gasteiger partial charge is 0.484 e. The Hall–Kier alpha value is -4.01. The van der Waals surface area contributed by atoms with Crippen LogP contribution in [0.5, 0.6) is 5.75 Å². The molecule has 3 amide bonds. The third kappa shape index (κ3) is 3.96. The standard InChI is InChI=1S/C26H24FN5O3/c1-14-11-15-4-7-21(24-18(27)3-2-9-28-24)35-22(15)12-20(14)32-13-17-19(31-26(32)34)8-10-29-23(17)25(33)30-16-5-6-16/h2-3,8-12,16,21H,4-7,13H2,1H3,(H,30,33)(H,31,34). The zero-order valence-corrected chi connectivity index (χ0v) is 19.2. The average molecular weight is 474 g/mol. The molecule has 1 saturated carbocycles. The third-order valence-corrected chi connectivity index (χ3v) is 6.69. The molecule has 0 saturated heterocycles. The van der Waals surface area contributed by atoms with Crippen molar-refractivity contribution in [2.75, 3.05) is 10.2 Å². The molecular weight excluding hydrogens is 449 g/mol. The predicted molar refractivity (Wildman–Crippen MR) is 127 cm³/mol. The van der Waals surface area contributed by atoms with Crippen LogP contribution in [0.1, 0.15) is 58.2 Å². The maximum absolute atomic E-state index is 14.3. The second-order valence-corrected chi connectivity index (χ2v) is 9.21. The van der Waals surface area contributed by atoms with Gasteiger partial charge in [-0.1, -0.05) is 6.07 Å². The van der Waals surface area contributed by atoms with E-state index in [1.807, 2.05) is 19.1 Å². The molecule has 2 aliphatic heterocycles. The molecule has 178 valence electrons. The molecular formula is C26H24FN5O3. The average Bonchev–Trinajstić information content (AvgIpc) is 3.67. The SMILES string of the molecule is Cc1cc2c(cc1N1Cc3c(ccnc3C(=O)NC3CC3)NC1=O)OC(c1ncccc1F)CC2. The summed E-state index contributed by atoms with van der Waals surface area (Å²) in [6, 6.07) is 8.35. The minimum atomic E-state index is -0.503. The van der Waals surface area contributed by atoms with E-state index < -0.39 is 11.9 Å². The van der Waals surface area contributed by atoms with Gasteiger partial charge < -0.3 is 15.4 Å². The van der Waals surface area contributed by atoms with Crippen LogP contribution in [0.3, 0.4) is 0 Å². The Morgan fingerprint density at radius 1 is 1.20 bits per heavy atom. The Bertz CT molecular complexity index is 1360. The number of rotatable bonds is 4. The molecule has 8 nitrogen and oxygen atoms in total. The number of pyridine rings is 2. The first-order valence-corrected chi connectivity index (χ1v) is 11.8. The minimum Gasteiger partial charge on any atom is -0.484 e. The zero-order valence-electron chi connectivity index (χ0n) is 19.2. The van der Waals surface area contributed by atoms with Gasteiger partial charge in [0.1, 0.15) is 29.1 Å². The van der Waals surface area contributed by atoms with E-state index in [-0.39, 0.29) is 30.2 Å². The van der Waals surface area contributed by atoms with E-state index in [9.17, 15) is 14.0 Å². The van der Waals surface area contributed by atoms with Crippen molar-refractivity contribution in [3.8, 4) is 5.75 Å². The number of carbonyl (C=O) groups is 2. The lowest BCUT2D eigenvalue weighted by molar-refractivity contribution is 0.0945. The van der Waals surface area contributed by atoms with Crippen LogP contribution >= 0.6 is 0 Å². The molecule has 1 unspecified atom stereocenters. The van der Waals surface area contributed by atoms with Gasteiger partial charge in [0.15, 0.2) is 0 Å². The van der Waals surface area contributed by atoms with Gasteiger partial charge in [-0.05, 0) is 61.9 Å². The summed E-state index contributed by atoms with van der Waals surface area (Å²) in [5, 5.41) is 5.86. The summed E-state index contributed by atoms with van der Waals surface area (Å²) in [7, 11) is 0. The second kappa shape index (κ2) is 8.33. The Morgan fingerprint density at radius 3 is 2.86 bits per heavy atom. The Labute approximate surface area is 201 Å². The first kappa shape index (κ1) is 21.5. The van der Waals surface area contributed by atoms with Crippen molar-refractivity contribution in [2.24, 2.45) is 0 Å². The fourth-order valence-corrected chi connectivity index (χ4v) is 4.71. The number of anilines is 2. The lowest BCUT2D eigenvalue weighted by Crippen LogP contribution is -2.41. The Morgan fingerprint density at radius 2 is 2.06 bits per heavy atom. The molecule has 0 spiro atoms. The number of ether oxygens (including phenoxy) is 1. The number of benzene rings is 1. The van der Waals surface area contributed by atoms with Crippen LogP contribution in [0.25, 0.3) is 0 Å². The molecule has 3 aromatic rings. The monoisotopic (exact) mass is 473 g/mol. The van der Waals surface area contributed by atoms with Gasteiger partial charge in [-0.15, -0.1) is 0 Å². The maximum Gasteiger partial charge on any atom is 0.326 e. The fourth-order valence-electron chi connectivity index (χ4n) is 4.71. The highest BCUT2D eigenvalue weighted by molar-refractivity contribution is 6.07. The molecule has 0 bridgehead atoms. The lowest BCUT2D eigenvalue weighted by atomic mass is 9.97. The third-order valence-electron chi connectivity index (χ3n) is 6.69. The summed E-state index contributed by atoms with van der Waals surface area (Å²) < 4.78 is 20.5. The summed E-state index contributed by atoms with van der Waals surface area (Å²) in [5.74, 6) is -0.0284. The molecule has 35 heavy (non-hydrogen) atoms. The topological polar surface area (TPSA) is 96.5 Å².